The molecule has 0 saturated carbocycles. The van der Waals surface area contributed by atoms with Crippen LogP contribution in [0, 0.1) is 0 Å². The van der Waals surface area contributed by atoms with Crippen molar-refractivity contribution < 1.29 is 0 Å². The molecule has 2 heterocycles. The van der Waals surface area contributed by atoms with Gasteiger partial charge in [-0.2, -0.15) is 11.3 Å². The quantitative estimate of drug-likeness (QED) is 0.161. The van der Waals surface area contributed by atoms with Crippen LogP contribution >= 0.6 is 22.7 Å². The number of hydrogen-bond acceptors (Lipinski definition) is 2. The first kappa shape index (κ1) is 29.6. The van der Waals surface area contributed by atoms with Crippen LogP contribution in [0.5, 0.6) is 0 Å². The van der Waals surface area contributed by atoms with Crippen molar-refractivity contribution in [1.29, 1.82) is 0 Å². The van der Waals surface area contributed by atoms with Gasteiger partial charge in [-0.1, -0.05) is 152 Å². The minimum absolute atomic E-state index is 1.25. The number of benzene rings is 9. The van der Waals surface area contributed by atoms with Crippen molar-refractivity contribution >= 4 is 85.9 Å². The molecular formula is C50H30S2. The Morgan fingerprint density at radius 2 is 0.788 bits per heavy atom. The molecule has 0 unspecified atom stereocenters. The molecule has 2 aromatic heterocycles. The van der Waals surface area contributed by atoms with Crippen LogP contribution in [0.2, 0.25) is 0 Å². The van der Waals surface area contributed by atoms with E-state index in [1.165, 1.54) is 108 Å². The van der Waals surface area contributed by atoms with Gasteiger partial charge in [-0.05, 0) is 111 Å². The zero-order chi connectivity index (χ0) is 34.2. The van der Waals surface area contributed by atoms with E-state index < -0.39 is 0 Å². The average molecular weight is 695 g/mol. The fourth-order valence-corrected chi connectivity index (χ4v) is 10.5. The number of rotatable bonds is 4. The van der Waals surface area contributed by atoms with Crippen molar-refractivity contribution in [1.82, 2.24) is 0 Å². The van der Waals surface area contributed by atoms with Gasteiger partial charge in [0.25, 0.3) is 0 Å². The maximum Gasteiger partial charge on any atom is 0.0434 e. The molecule has 0 amide bonds. The number of fused-ring (bicyclic) bond motifs is 7. The van der Waals surface area contributed by atoms with E-state index in [1.54, 1.807) is 11.3 Å². The van der Waals surface area contributed by atoms with Crippen molar-refractivity contribution in [2.75, 3.05) is 0 Å². The van der Waals surface area contributed by atoms with Crippen LogP contribution in [0.1, 0.15) is 0 Å². The van der Waals surface area contributed by atoms with Gasteiger partial charge in [-0.15, -0.1) is 11.3 Å². The first-order chi connectivity index (χ1) is 25.8. The first-order valence-electron chi connectivity index (χ1n) is 17.7. The van der Waals surface area contributed by atoms with Crippen molar-refractivity contribution in [3.05, 3.63) is 181 Å². The third kappa shape index (κ3) is 4.38. The largest absolute Gasteiger partial charge is 0.152 e. The molecule has 11 aromatic rings. The molecule has 0 aliphatic carbocycles. The molecule has 0 fully saturated rings. The summed E-state index contributed by atoms with van der Waals surface area (Å²) in [5, 5.41) is 17.4. The molecule has 0 aliphatic heterocycles. The molecule has 0 atom stereocenters. The summed E-state index contributed by atoms with van der Waals surface area (Å²) in [5.41, 5.74) is 10.3. The monoisotopic (exact) mass is 694 g/mol. The van der Waals surface area contributed by atoms with E-state index >= 15 is 0 Å². The van der Waals surface area contributed by atoms with Crippen LogP contribution in [-0.2, 0) is 0 Å². The van der Waals surface area contributed by atoms with E-state index in [-0.39, 0.29) is 0 Å². The molecule has 0 nitrogen and oxygen atoms in total. The van der Waals surface area contributed by atoms with E-state index in [2.05, 4.69) is 181 Å². The molecule has 11 rings (SSSR count). The Hall–Kier alpha value is -6.06. The van der Waals surface area contributed by atoms with Gasteiger partial charge < -0.3 is 0 Å². The molecule has 0 N–H and O–H groups in total. The Morgan fingerprint density at radius 1 is 0.308 bits per heavy atom. The topological polar surface area (TPSA) is 0 Å². The van der Waals surface area contributed by atoms with E-state index in [9.17, 15) is 0 Å². The minimum Gasteiger partial charge on any atom is -0.152 e. The summed E-state index contributed by atoms with van der Waals surface area (Å²) >= 11 is 3.67. The predicted octanol–water partition coefficient (Wildman–Crippen LogP) is 15.4. The molecule has 9 aromatic carbocycles. The summed E-state index contributed by atoms with van der Waals surface area (Å²) in [7, 11) is 0. The summed E-state index contributed by atoms with van der Waals surface area (Å²) in [4.78, 5) is 0. The highest BCUT2D eigenvalue weighted by Crippen LogP contribution is 2.49. The van der Waals surface area contributed by atoms with E-state index in [1.807, 2.05) is 11.3 Å². The molecule has 0 spiro atoms. The summed E-state index contributed by atoms with van der Waals surface area (Å²) in [6.45, 7) is 0. The summed E-state index contributed by atoms with van der Waals surface area (Å²) in [5.74, 6) is 0. The van der Waals surface area contributed by atoms with Crippen LogP contribution in [0.15, 0.2) is 181 Å². The lowest BCUT2D eigenvalue weighted by Gasteiger charge is -2.18. The van der Waals surface area contributed by atoms with E-state index in [0.29, 0.717) is 0 Å². The highest BCUT2D eigenvalue weighted by Gasteiger charge is 2.21. The second-order valence-electron chi connectivity index (χ2n) is 13.6. The van der Waals surface area contributed by atoms with Gasteiger partial charge in [0, 0.05) is 25.7 Å². The van der Waals surface area contributed by atoms with E-state index in [4.69, 9.17) is 0 Å². The molecular weight excluding hydrogens is 665 g/mol. The van der Waals surface area contributed by atoms with Gasteiger partial charge in [0.2, 0.25) is 0 Å². The second-order valence-corrected chi connectivity index (χ2v) is 15.4. The lowest BCUT2D eigenvalue weighted by atomic mass is 9.85. The Kier molecular flexibility index (Phi) is 6.70. The SMILES string of the molecule is c1ccc(-c2c3ccccc3c(-c3cccc4c3sc3ccc(-c5c6ccccc6c(-c6ccsc6)c6ccccc56)cc34)c3ccccc23)cc1. The molecule has 0 radical (unpaired) electrons. The van der Waals surface area contributed by atoms with Crippen molar-refractivity contribution in [3.8, 4) is 44.5 Å². The summed E-state index contributed by atoms with van der Waals surface area (Å²) in [6, 6.07) is 63.0. The fourth-order valence-electron chi connectivity index (χ4n) is 8.64. The standard InChI is InChI=1S/C50H30S2/c1-2-13-31(14-3-1)46-38-19-8-10-21-40(38)49(41-22-11-9-20-39(41)46)43-24-12-23-42-44-29-32(25-26-45(44)52-50(42)43)47-34-15-4-6-17-36(34)48(33-27-28-51-30-33)37-18-7-5-16-35(37)47/h1-30H. The predicted molar refractivity (Wildman–Crippen MR) is 229 cm³/mol. The van der Waals surface area contributed by atoms with Gasteiger partial charge in [0.1, 0.15) is 0 Å². The highest BCUT2D eigenvalue weighted by atomic mass is 32.1. The van der Waals surface area contributed by atoms with Gasteiger partial charge in [0.15, 0.2) is 0 Å². The Labute approximate surface area is 309 Å². The van der Waals surface area contributed by atoms with E-state index in [0.717, 1.165) is 0 Å². The van der Waals surface area contributed by atoms with Crippen LogP contribution in [0.3, 0.4) is 0 Å². The smallest absolute Gasteiger partial charge is 0.0434 e. The fraction of sp³-hybridized carbons (Fsp3) is 0. The Balaban J connectivity index is 1.19. The third-order valence-electron chi connectivity index (χ3n) is 10.8. The number of hydrogen-bond donors (Lipinski definition) is 0. The normalized spacial score (nSPS) is 11.8. The Bertz CT molecular complexity index is 3050. The van der Waals surface area contributed by atoms with Crippen LogP contribution in [0.25, 0.3) is 108 Å². The highest BCUT2D eigenvalue weighted by molar-refractivity contribution is 7.26. The minimum atomic E-state index is 1.25. The molecule has 52 heavy (non-hydrogen) atoms. The number of thiophene rings is 2. The molecule has 0 aliphatic rings. The lowest BCUT2D eigenvalue weighted by molar-refractivity contribution is 1.67. The van der Waals surface area contributed by atoms with Crippen LogP contribution < -0.4 is 0 Å². The third-order valence-corrected chi connectivity index (χ3v) is 12.7. The van der Waals surface area contributed by atoms with Gasteiger partial charge in [-0.25, -0.2) is 0 Å². The van der Waals surface area contributed by atoms with Crippen molar-refractivity contribution in [3.63, 3.8) is 0 Å². The van der Waals surface area contributed by atoms with Crippen LogP contribution in [0.4, 0.5) is 0 Å². The van der Waals surface area contributed by atoms with Crippen molar-refractivity contribution in [2.24, 2.45) is 0 Å². The average Bonchev–Trinajstić information content (AvgIpc) is 3.88. The maximum absolute atomic E-state index is 2.45. The van der Waals surface area contributed by atoms with Crippen LogP contribution in [-0.4, -0.2) is 0 Å². The maximum atomic E-state index is 2.45. The lowest BCUT2D eigenvalue weighted by Crippen LogP contribution is -1.90. The Morgan fingerprint density at radius 3 is 1.33 bits per heavy atom. The first-order valence-corrected chi connectivity index (χ1v) is 19.5. The zero-order valence-electron chi connectivity index (χ0n) is 28.1. The summed E-state index contributed by atoms with van der Waals surface area (Å²) < 4.78 is 2.64. The van der Waals surface area contributed by atoms with Gasteiger partial charge in [-0.3, -0.25) is 0 Å². The molecule has 0 saturated heterocycles. The molecule has 2 heteroatoms. The zero-order valence-corrected chi connectivity index (χ0v) is 29.8. The summed E-state index contributed by atoms with van der Waals surface area (Å²) in [6.07, 6.45) is 0. The van der Waals surface area contributed by atoms with Gasteiger partial charge >= 0.3 is 0 Å². The second kappa shape index (κ2) is 11.7. The van der Waals surface area contributed by atoms with Crippen molar-refractivity contribution in [2.45, 2.75) is 0 Å². The molecule has 242 valence electrons. The molecule has 0 bridgehead atoms. The van der Waals surface area contributed by atoms with Gasteiger partial charge in [0.05, 0.1) is 0 Å².